The minimum atomic E-state index is -0.123. The Labute approximate surface area is 164 Å². The van der Waals surface area contributed by atoms with Gasteiger partial charge in [0.05, 0.1) is 0 Å². The zero-order chi connectivity index (χ0) is 19.3. The summed E-state index contributed by atoms with van der Waals surface area (Å²) in [7, 11) is 0. The fraction of sp³-hybridized carbons (Fsp3) is 0.304. The molecule has 144 valence electrons. The zero-order valence-electron chi connectivity index (χ0n) is 15.8. The van der Waals surface area contributed by atoms with E-state index in [0.717, 1.165) is 24.8 Å². The minimum absolute atomic E-state index is 0.0572. The van der Waals surface area contributed by atoms with Crippen LogP contribution in [-0.4, -0.2) is 29.4 Å². The lowest BCUT2D eigenvalue weighted by atomic mass is 10.1. The van der Waals surface area contributed by atoms with E-state index in [-0.39, 0.29) is 11.8 Å². The molecule has 0 aliphatic heterocycles. The monoisotopic (exact) mass is 375 g/mol. The van der Waals surface area contributed by atoms with Gasteiger partial charge in [0, 0.05) is 40.8 Å². The van der Waals surface area contributed by atoms with Crippen molar-refractivity contribution in [2.45, 2.75) is 38.1 Å². The van der Waals surface area contributed by atoms with Crippen molar-refractivity contribution < 1.29 is 9.59 Å². The van der Waals surface area contributed by atoms with E-state index in [2.05, 4.69) is 21.7 Å². The van der Waals surface area contributed by atoms with Crippen molar-refractivity contribution in [2.75, 3.05) is 6.54 Å². The summed E-state index contributed by atoms with van der Waals surface area (Å²) in [6.07, 6.45) is 7.24. The Balaban J connectivity index is 1.30. The van der Waals surface area contributed by atoms with Gasteiger partial charge in [-0.25, -0.2) is 0 Å². The molecule has 0 spiro atoms. The van der Waals surface area contributed by atoms with Crippen LogP contribution < -0.4 is 10.6 Å². The third kappa shape index (κ3) is 4.09. The van der Waals surface area contributed by atoms with E-state index in [0.29, 0.717) is 23.7 Å². The average Bonchev–Trinajstić information content (AvgIpc) is 3.38. The largest absolute Gasteiger partial charge is 0.361 e. The van der Waals surface area contributed by atoms with Gasteiger partial charge in [-0.15, -0.1) is 0 Å². The van der Waals surface area contributed by atoms with Crippen LogP contribution in [0.2, 0.25) is 0 Å². The maximum Gasteiger partial charge on any atom is 0.251 e. The van der Waals surface area contributed by atoms with Crippen LogP contribution >= 0.6 is 0 Å². The van der Waals surface area contributed by atoms with E-state index >= 15 is 0 Å². The summed E-state index contributed by atoms with van der Waals surface area (Å²) in [5.41, 5.74) is 3.46. The molecule has 0 unspecified atom stereocenters. The van der Waals surface area contributed by atoms with Crippen LogP contribution in [0.5, 0.6) is 0 Å². The molecule has 28 heavy (non-hydrogen) atoms. The highest BCUT2D eigenvalue weighted by Crippen LogP contribution is 2.19. The van der Waals surface area contributed by atoms with Crippen LogP contribution in [-0.2, 0) is 6.42 Å². The number of amides is 2. The third-order valence-electron chi connectivity index (χ3n) is 5.45. The summed E-state index contributed by atoms with van der Waals surface area (Å²) in [5.74, 6) is -0.180. The van der Waals surface area contributed by atoms with E-state index in [1.54, 1.807) is 24.3 Å². The highest BCUT2D eigenvalue weighted by Gasteiger charge is 2.18. The predicted octanol–water partition coefficient (Wildman–Crippen LogP) is 3.81. The van der Waals surface area contributed by atoms with Gasteiger partial charge in [-0.1, -0.05) is 31.0 Å². The summed E-state index contributed by atoms with van der Waals surface area (Å²) in [5, 5.41) is 7.21. The summed E-state index contributed by atoms with van der Waals surface area (Å²) in [4.78, 5) is 27.9. The molecule has 0 radical (unpaired) electrons. The molecule has 1 aromatic heterocycles. The molecule has 5 nitrogen and oxygen atoms in total. The lowest BCUT2D eigenvalue weighted by Crippen LogP contribution is -2.32. The first kappa shape index (κ1) is 18.3. The standard InChI is InChI=1S/C23H25N3O2/c27-22(24-14-13-18-15-25-21-8-4-3-7-20(18)21)16-9-11-17(12-10-16)23(28)26-19-5-1-2-6-19/h3-4,7-12,15,19,25H,1-2,5-6,13-14H2,(H,24,27)(H,26,28). The molecule has 1 aliphatic rings. The smallest absolute Gasteiger partial charge is 0.251 e. The SMILES string of the molecule is O=C(NCCc1c[nH]c2ccccc12)c1ccc(C(=O)NC2CCCC2)cc1. The Kier molecular flexibility index (Phi) is 5.42. The molecular weight excluding hydrogens is 350 g/mol. The van der Waals surface area contributed by atoms with Crippen LogP contribution in [0.15, 0.2) is 54.7 Å². The predicted molar refractivity (Wildman–Crippen MR) is 111 cm³/mol. The number of carbonyl (C=O) groups excluding carboxylic acids is 2. The number of hydrogen-bond acceptors (Lipinski definition) is 2. The molecule has 0 saturated heterocycles. The van der Waals surface area contributed by atoms with Crippen LogP contribution in [0, 0.1) is 0 Å². The molecule has 1 saturated carbocycles. The number of rotatable bonds is 6. The van der Waals surface area contributed by atoms with Crippen LogP contribution in [0.1, 0.15) is 52.0 Å². The van der Waals surface area contributed by atoms with E-state index < -0.39 is 0 Å². The lowest BCUT2D eigenvalue weighted by molar-refractivity contribution is 0.0931. The molecule has 3 N–H and O–H groups in total. The fourth-order valence-corrected chi connectivity index (χ4v) is 3.86. The number of carbonyl (C=O) groups is 2. The number of para-hydroxylation sites is 1. The number of benzene rings is 2. The Morgan fingerprint density at radius 1 is 0.929 bits per heavy atom. The molecule has 2 amide bonds. The van der Waals surface area contributed by atoms with Crippen molar-refractivity contribution >= 4 is 22.7 Å². The Hall–Kier alpha value is -3.08. The second-order valence-corrected chi connectivity index (χ2v) is 7.40. The number of fused-ring (bicyclic) bond motifs is 1. The normalized spacial score (nSPS) is 14.3. The van der Waals surface area contributed by atoms with Crippen molar-refractivity contribution in [3.05, 3.63) is 71.4 Å². The second-order valence-electron chi connectivity index (χ2n) is 7.40. The number of hydrogen-bond donors (Lipinski definition) is 3. The lowest BCUT2D eigenvalue weighted by Gasteiger charge is -2.12. The van der Waals surface area contributed by atoms with Gasteiger partial charge >= 0.3 is 0 Å². The number of aromatic amines is 1. The highest BCUT2D eigenvalue weighted by atomic mass is 16.2. The molecule has 2 aromatic carbocycles. The Morgan fingerprint density at radius 3 is 2.36 bits per heavy atom. The first-order valence-corrected chi connectivity index (χ1v) is 9.95. The second kappa shape index (κ2) is 8.30. The molecule has 4 rings (SSSR count). The summed E-state index contributed by atoms with van der Waals surface area (Å²) < 4.78 is 0. The molecule has 3 aromatic rings. The van der Waals surface area contributed by atoms with Crippen LogP contribution in [0.4, 0.5) is 0 Å². The average molecular weight is 375 g/mol. The summed E-state index contributed by atoms with van der Waals surface area (Å²) in [6.45, 7) is 0.560. The first-order chi connectivity index (χ1) is 13.7. The maximum absolute atomic E-state index is 12.4. The molecule has 1 heterocycles. The van der Waals surface area contributed by atoms with Crippen LogP contribution in [0.3, 0.4) is 0 Å². The maximum atomic E-state index is 12.4. The minimum Gasteiger partial charge on any atom is -0.361 e. The molecule has 1 fully saturated rings. The molecule has 5 heteroatoms. The van der Waals surface area contributed by atoms with Crippen molar-refractivity contribution in [3.8, 4) is 0 Å². The van der Waals surface area contributed by atoms with Crippen molar-refractivity contribution in [1.29, 1.82) is 0 Å². The highest BCUT2D eigenvalue weighted by molar-refractivity contribution is 5.98. The number of H-pyrrole nitrogens is 1. The number of nitrogens with one attached hydrogen (secondary N) is 3. The summed E-state index contributed by atoms with van der Waals surface area (Å²) in [6, 6.07) is 15.3. The van der Waals surface area contributed by atoms with Gasteiger partial charge in [0.15, 0.2) is 0 Å². The third-order valence-corrected chi connectivity index (χ3v) is 5.45. The number of aromatic nitrogens is 1. The Bertz CT molecular complexity index is 969. The van der Waals surface area contributed by atoms with Gasteiger partial charge in [0.25, 0.3) is 11.8 Å². The van der Waals surface area contributed by atoms with Crippen molar-refractivity contribution in [2.24, 2.45) is 0 Å². The van der Waals surface area contributed by atoms with E-state index in [1.165, 1.54) is 23.8 Å². The van der Waals surface area contributed by atoms with E-state index in [1.807, 2.05) is 24.4 Å². The molecule has 1 aliphatic carbocycles. The fourth-order valence-electron chi connectivity index (χ4n) is 3.86. The van der Waals surface area contributed by atoms with Gasteiger partial charge < -0.3 is 15.6 Å². The van der Waals surface area contributed by atoms with Crippen molar-refractivity contribution in [1.82, 2.24) is 15.6 Å². The molecular formula is C23H25N3O2. The van der Waals surface area contributed by atoms with Crippen LogP contribution in [0.25, 0.3) is 10.9 Å². The van der Waals surface area contributed by atoms with E-state index in [9.17, 15) is 9.59 Å². The van der Waals surface area contributed by atoms with Gasteiger partial charge in [-0.3, -0.25) is 9.59 Å². The topological polar surface area (TPSA) is 74.0 Å². The van der Waals surface area contributed by atoms with Gasteiger partial charge in [0.2, 0.25) is 0 Å². The van der Waals surface area contributed by atoms with E-state index in [4.69, 9.17) is 0 Å². The van der Waals surface area contributed by atoms with Gasteiger partial charge in [-0.05, 0) is 55.2 Å². The molecule has 0 atom stereocenters. The van der Waals surface area contributed by atoms with Crippen molar-refractivity contribution in [3.63, 3.8) is 0 Å². The van der Waals surface area contributed by atoms with Gasteiger partial charge in [0.1, 0.15) is 0 Å². The quantitative estimate of drug-likeness (QED) is 0.613. The Morgan fingerprint density at radius 2 is 1.61 bits per heavy atom. The molecule has 0 bridgehead atoms. The van der Waals surface area contributed by atoms with Gasteiger partial charge in [-0.2, -0.15) is 0 Å². The first-order valence-electron chi connectivity index (χ1n) is 9.95. The zero-order valence-corrected chi connectivity index (χ0v) is 15.8. The summed E-state index contributed by atoms with van der Waals surface area (Å²) >= 11 is 0.